The van der Waals surface area contributed by atoms with Crippen LogP contribution in [-0.2, 0) is 9.84 Å². The van der Waals surface area contributed by atoms with Crippen LogP contribution in [0.25, 0.3) is 43.9 Å². The normalized spacial score (nSPS) is 11.6. The Morgan fingerprint density at radius 3 is 2.44 bits per heavy atom. The molecule has 34 heavy (non-hydrogen) atoms. The van der Waals surface area contributed by atoms with Crippen LogP contribution in [0.5, 0.6) is 11.5 Å². The molecule has 0 atom stereocenters. The van der Waals surface area contributed by atoms with Crippen molar-refractivity contribution in [3.63, 3.8) is 0 Å². The molecule has 0 saturated heterocycles. The van der Waals surface area contributed by atoms with Gasteiger partial charge in [0.2, 0.25) is 0 Å². The summed E-state index contributed by atoms with van der Waals surface area (Å²) in [6.45, 7) is 0. The first-order chi connectivity index (χ1) is 16.4. The monoisotopic (exact) mass is 492 g/mol. The number of sulfone groups is 1. The van der Waals surface area contributed by atoms with Gasteiger partial charge >= 0.3 is 0 Å². The molecule has 0 bridgehead atoms. The van der Waals surface area contributed by atoms with Gasteiger partial charge in [0, 0.05) is 22.8 Å². The first kappa shape index (κ1) is 22.1. The van der Waals surface area contributed by atoms with Gasteiger partial charge in [-0.15, -0.1) is 11.3 Å². The Balaban J connectivity index is 1.63. The van der Waals surface area contributed by atoms with Gasteiger partial charge in [0.1, 0.15) is 10.5 Å². The number of rotatable bonds is 6. The summed E-state index contributed by atoms with van der Waals surface area (Å²) in [5, 5.41) is 8.17. The van der Waals surface area contributed by atoms with Crippen LogP contribution in [0.1, 0.15) is 0 Å². The lowest BCUT2D eigenvalue weighted by Crippen LogP contribution is -1.92. The number of thiophene rings is 1. The molecule has 0 fully saturated rings. The van der Waals surface area contributed by atoms with E-state index in [0.29, 0.717) is 21.4 Å². The van der Waals surface area contributed by atoms with E-state index in [1.807, 2.05) is 36.4 Å². The number of benzene rings is 2. The SMILES string of the molecule is COc1ccc(-c2[nH]ncc2-c2ccc3ncnc(-c4ccc(S(C)(=O)=O)s4)c3c2)cc1OC. The van der Waals surface area contributed by atoms with E-state index in [-0.39, 0.29) is 0 Å². The second-order valence-corrected chi connectivity index (χ2v) is 10.9. The van der Waals surface area contributed by atoms with Crippen molar-refractivity contribution < 1.29 is 17.9 Å². The molecule has 3 aromatic heterocycles. The number of H-pyrrole nitrogens is 1. The van der Waals surface area contributed by atoms with Crippen molar-refractivity contribution in [2.24, 2.45) is 0 Å². The molecular formula is C24H20N4O4S2. The number of hydrogen-bond donors (Lipinski definition) is 1. The molecule has 2 aromatic carbocycles. The molecule has 0 aliphatic carbocycles. The number of methoxy groups -OCH3 is 2. The summed E-state index contributed by atoms with van der Waals surface area (Å²) < 4.78 is 35.0. The van der Waals surface area contributed by atoms with Gasteiger partial charge in [0.15, 0.2) is 21.3 Å². The zero-order valence-electron chi connectivity index (χ0n) is 18.6. The van der Waals surface area contributed by atoms with E-state index in [4.69, 9.17) is 9.47 Å². The average molecular weight is 493 g/mol. The number of nitrogens with one attached hydrogen (secondary N) is 1. The van der Waals surface area contributed by atoms with E-state index in [9.17, 15) is 8.42 Å². The van der Waals surface area contributed by atoms with Crippen molar-refractivity contribution in [2.45, 2.75) is 4.21 Å². The molecule has 0 aliphatic heterocycles. The molecule has 0 amide bonds. The fourth-order valence-corrected chi connectivity index (χ4v) is 5.72. The third-order valence-corrected chi connectivity index (χ3v) is 8.35. The number of ether oxygens (including phenoxy) is 2. The van der Waals surface area contributed by atoms with Crippen LogP contribution in [0.2, 0.25) is 0 Å². The Morgan fingerprint density at radius 2 is 1.71 bits per heavy atom. The van der Waals surface area contributed by atoms with Crippen molar-refractivity contribution >= 4 is 32.1 Å². The summed E-state index contributed by atoms with van der Waals surface area (Å²) in [4.78, 5) is 9.62. The van der Waals surface area contributed by atoms with Crippen molar-refractivity contribution in [2.75, 3.05) is 20.5 Å². The molecule has 0 radical (unpaired) electrons. The molecule has 5 aromatic rings. The minimum atomic E-state index is -3.29. The van der Waals surface area contributed by atoms with Gasteiger partial charge in [-0.25, -0.2) is 18.4 Å². The van der Waals surface area contributed by atoms with Crippen LogP contribution in [0.15, 0.2) is 65.3 Å². The number of aromatic amines is 1. The smallest absolute Gasteiger partial charge is 0.184 e. The maximum Gasteiger partial charge on any atom is 0.184 e. The molecule has 172 valence electrons. The Bertz CT molecular complexity index is 1620. The maximum atomic E-state index is 12.0. The largest absolute Gasteiger partial charge is 0.493 e. The fraction of sp³-hybridized carbons (Fsp3) is 0.125. The molecule has 10 heteroatoms. The Kier molecular flexibility index (Phi) is 5.54. The highest BCUT2D eigenvalue weighted by Gasteiger charge is 2.17. The number of aromatic nitrogens is 4. The summed E-state index contributed by atoms with van der Waals surface area (Å²) in [6, 6.07) is 15.0. The van der Waals surface area contributed by atoms with Gasteiger partial charge in [-0.05, 0) is 48.0 Å². The lowest BCUT2D eigenvalue weighted by Gasteiger charge is -2.10. The topological polar surface area (TPSA) is 107 Å². The summed E-state index contributed by atoms with van der Waals surface area (Å²) in [6.07, 6.45) is 4.46. The van der Waals surface area contributed by atoms with Gasteiger partial charge in [-0.3, -0.25) is 5.10 Å². The average Bonchev–Trinajstić information content (AvgIpc) is 3.53. The predicted molar refractivity (Wildman–Crippen MR) is 132 cm³/mol. The third-order valence-electron chi connectivity index (χ3n) is 5.44. The van der Waals surface area contributed by atoms with Crippen molar-refractivity contribution in [1.82, 2.24) is 20.2 Å². The standard InChI is InChI=1S/C24H20N4O4S2/c1-31-19-7-5-15(11-20(19)32-2)23-17(12-27-28-23)14-4-6-18-16(10-14)24(26-13-25-18)21-8-9-22(33-21)34(3,29)30/h4-13H,1-3H3,(H,27,28). The van der Waals surface area contributed by atoms with Gasteiger partial charge in [-0.1, -0.05) is 6.07 Å². The third kappa shape index (κ3) is 3.91. The van der Waals surface area contributed by atoms with Gasteiger partial charge in [-0.2, -0.15) is 5.10 Å². The van der Waals surface area contributed by atoms with Crippen LogP contribution in [0.3, 0.4) is 0 Å². The zero-order valence-corrected chi connectivity index (χ0v) is 20.2. The van der Waals surface area contributed by atoms with E-state index in [0.717, 1.165) is 38.2 Å². The molecule has 0 spiro atoms. The van der Waals surface area contributed by atoms with E-state index in [1.54, 1.807) is 32.5 Å². The fourth-order valence-electron chi connectivity index (χ4n) is 3.78. The van der Waals surface area contributed by atoms with Gasteiger partial charge in [0.25, 0.3) is 0 Å². The van der Waals surface area contributed by atoms with Crippen LogP contribution < -0.4 is 9.47 Å². The van der Waals surface area contributed by atoms with E-state index in [2.05, 4.69) is 20.2 Å². The van der Waals surface area contributed by atoms with Gasteiger partial charge in [0.05, 0.1) is 42.2 Å². The highest BCUT2D eigenvalue weighted by molar-refractivity contribution is 7.92. The number of nitrogens with zero attached hydrogens (tertiary/aromatic N) is 3. The molecule has 3 heterocycles. The Labute approximate surface area is 200 Å². The van der Waals surface area contributed by atoms with Crippen molar-refractivity contribution in [3.8, 4) is 44.5 Å². The van der Waals surface area contributed by atoms with Crippen LogP contribution in [0.4, 0.5) is 0 Å². The second kappa shape index (κ2) is 8.54. The first-order valence-corrected chi connectivity index (χ1v) is 12.9. The summed E-state index contributed by atoms with van der Waals surface area (Å²) in [7, 11) is -0.0955. The maximum absolute atomic E-state index is 12.0. The van der Waals surface area contributed by atoms with Crippen LogP contribution in [0, 0.1) is 0 Å². The summed E-state index contributed by atoms with van der Waals surface area (Å²) in [5.74, 6) is 1.26. The molecule has 0 unspecified atom stereocenters. The predicted octanol–water partition coefficient (Wildman–Crippen LogP) is 4.84. The quantitative estimate of drug-likeness (QED) is 0.361. The molecule has 5 rings (SSSR count). The second-order valence-electron chi connectivity index (χ2n) is 7.57. The van der Waals surface area contributed by atoms with E-state index in [1.165, 1.54) is 23.9 Å². The van der Waals surface area contributed by atoms with Crippen molar-refractivity contribution in [3.05, 3.63) is 61.1 Å². The summed E-state index contributed by atoms with van der Waals surface area (Å²) in [5.41, 5.74) is 4.98. The number of fused-ring (bicyclic) bond motifs is 1. The molecule has 0 saturated carbocycles. The minimum absolute atomic E-state index is 0.302. The van der Waals surface area contributed by atoms with E-state index >= 15 is 0 Å². The minimum Gasteiger partial charge on any atom is -0.493 e. The van der Waals surface area contributed by atoms with Crippen LogP contribution >= 0.6 is 11.3 Å². The lowest BCUT2D eigenvalue weighted by atomic mass is 9.99. The van der Waals surface area contributed by atoms with Gasteiger partial charge < -0.3 is 9.47 Å². The van der Waals surface area contributed by atoms with E-state index < -0.39 is 9.84 Å². The zero-order chi connectivity index (χ0) is 23.9. The summed E-state index contributed by atoms with van der Waals surface area (Å²) >= 11 is 1.20. The highest BCUT2D eigenvalue weighted by Crippen LogP contribution is 2.38. The lowest BCUT2D eigenvalue weighted by molar-refractivity contribution is 0.355. The van der Waals surface area contributed by atoms with Crippen LogP contribution in [-0.4, -0.2) is 49.1 Å². The van der Waals surface area contributed by atoms with Crippen molar-refractivity contribution in [1.29, 1.82) is 0 Å². The molecule has 0 aliphatic rings. The molecule has 8 nitrogen and oxygen atoms in total. The first-order valence-electron chi connectivity index (χ1n) is 10.2. The Hall–Kier alpha value is -3.76. The Morgan fingerprint density at radius 1 is 0.912 bits per heavy atom. The number of hydrogen-bond acceptors (Lipinski definition) is 8. The molecular weight excluding hydrogens is 472 g/mol. The highest BCUT2D eigenvalue weighted by atomic mass is 32.2. The molecule has 1 N–H and O–H groups in total.